The molecule has 0 saturated carbocycles. The molecule has 0 spiro atoms. The highest BCUT2D eigenvalue weighted by Crippen LogP contribution is 2.16. The Morgan fingerprint density at radius 1 is 1.53 bits per heavy atom. The van der Waals surface area contributed by atoms with Crippen molar-refractivity contribution in [2.45, 2.75) is 13.0 Å². The summed E-state index contributed by atoms with van der Waals surface area (Å²) in [4.78, 5) is 11.6. The van der Waals surface area contributed by atoms with E-state index in [0.29, 0.717) is 18.9 Å². The average Bonchev–Trinajstić information content (AvgIpc) is 2.29. The average molecular weight is 349 g/mol. The van der Waals surface area contributed by atoms with E-state index in [1.165, 1.54) is 0 Å². The van der Waals surface area contributed by atoms with E-state index >= 15 is 0 Å². The van der Waals surface area contributed by atoms with Crippen molar-refractivity contribution < 1.29 is 14.3 Å². The Morgan fingerprint density at radius 3 is 2.94 bits per heavy atom. The SMILES string of the molecule is COCCNC(=O)[C@@H](C)Oc1cccc(I)c1. The number of amides is 1. The van der Waals surface area contributed by atoms with Gasteiger partial charge in [-0.15, -0.1) is 0 Å². The Labute approximate surface area is 115 Å². The lowest BCUT2D eigenvalue weighted by atomic mass is 10.3. The molecule has 1 atom stereocenters. The highest BCUT2D eigenvalue weighted by molar-refractivity contribution is 14.1. The summed E-state index contributed by atoms with van der Waals surface area (Å²) in [5.74, 6) is 0.562. The first-order chi connectivity index (χ1) is 8.13. The van der Waals surface area contributed by atoms with Gasteiger partial charge < -0.3 is 14.8 Å². The summed E-state index contributed by atoms with van der Waals surface area (Å²) in [7, 11) is 1.60. The minimum absolute atomic E-state index is 0.138. The van der Waals surface area contributed by atoms with Crippen LogP contribution in [0.25, 0.3) is 0 Å². The van der Waals surface area contributed by atoms with Crippen LogP contribution < -0.4 is 10.1 Å². The molecule has 1 N–H and O–H groups in total. The standard InChI is InChI=1S/C12H16INO3/c1-9(12(15)14-6-7-16-2)17-11-5-3-4-10(13)8-11/h3-5,8-9H,6-7H2,1-2H3,(H,14,15)/t9-/m1/s1. The van der Waals surface area contributed by atoms with Gasteiger partial charge in [-0.05, 0) is 47.7 Å². The third-order valence-corrected chi connectivity index (χ3v) is 2.75. The third-order valence-electron chi connectivity index (χ3n) is 2.08. The second-order valence-corrected chi connectivity index (χ2v) is 4.75. The van der Waals surface area contributed by atoms with Crippen LogP contribution >= 0.6 is 22.6 Å². The highest BCUT2D eigenvalue weighted by Gasteiger charge is 2.13. The zero-order valence-electron chi connectivity index (χ0n) is 9.90. The Bertz CT molecular complexity index is 371. The van der Waals surface area contributed by atoms with E-state index in [9.17, 15) is 4.79 Å². The first kappa shape index (κ1) is 14.2. The maximum atomic E-state index is 11.6. The van der Waals surface area contributed by atoms with Crippen LogP contribution in [0.15, 0.2) is 24.3 Å². The van der Waals surface area contributed by atoms with E-state index in [0.717, 1.165) is 3.57 Å². The first-order valence-corrected chi connectivity index (χ1v) is 6.40. The van der Waals surface area contributed by atoms with Gasteiger partial charge in [-0.2, -0.15) is 0 Å². The minimum atomic E-state index is -0.509. The summed E-state index contributed by atoms with van der Waals surface area (Å²) < 4.78 is 11.5. The van der Waals surface area contributed by atoms with E-state index in [-0.39, 0.29) is 5.91 Å². The quantitative estimate of drug-likeness (QED) is 0.630. The number of carbonyl (C=O) groups excluding carboxylic acids is 1. The van der Waals surface area contributed by atoms with E-state index in [2.05, 4.69) is 27.9 Å². The predicted octanol–water partition coefficient (Wildman–Crippen LogP) is 1.82. The number of hydrogen-bond donors (Lipinski definition) is 1. The number of nitrogens with one attached hydrogen (secondary N) is 1. The fourth-order valence-corrected chi connectivity index (χ4v) is 1.73. The van der Waals surface area contributed by atoms with Crippen molar-refractivity contribution >= 4 is 28.5 Å². The van der Waals surface area contributed by atoms with Gasteiger partial charge in [-0.1, -0.05) is 6.07 Å². The summed E-state index contributed by atoms with van der Waals surface area (Å²) >= 11 is 2.20. The molecule has 17 heavy (non-hydrogen) atoms. The summed E-state index contributed by atoms with van der Waals surface area (Å²) in [5, 5.41) is 2.73. The van der Waals surface area contributed by atoms with Crippen LogP contribution in [0.5, 0.6) is 5.75 Å². The molecule has 1 rings (SSSR count). The van der Waals surface area contributed by atoms with Gasteiger partial charge in [0.15, 0.2) is 6.10 Å². The van der Waals surface area contributed by atoms with Gasteiger partial charge in [0.05, 0.1) is 6.61 Å². The smallest absolute Gasteiger partial charge is 0.260 e. The zero-order chi connectivity index (χ0) is 12.7. The van der Waals surface area contributed by atoms with E-state index < -0.39 is 6.10 Å². The predicted molar refractivity (Wildman–Crippen MR) is 74.1 cm³/mol. The third kappa shape index (κ3) is 5.36. The monoisotopic (exact) mass is 349 g/mol. The Kier molecular flexibility index (Phi) is 6.28. The van der Waals surface area contributed by atoms with Gasteiger partial charge in [-0.25, -0.2) is 0 Å². The molecule has 0 aromatic heterocycles. The highest BCUT2D eigenvalue weighted by atomic mass is 127. The van der Waals surface area contributed by atoms with Crippen molar-refractivity contribution in [3.63, 3.8) is 0 Å². The van der Waals surface area contributed by atoms with Gasteiger partial charge in [0.2, 0.25) is 0 Å². The number of hydrogen-bond acceptors (Lipinski definition) is 3. The maximum Gasteiger partial charge on any atom is 0.260 e. The van der Waals surface area contributed by atoms with Gasteiger partial charge in [0.1, 0.15) is 5.75 Å². The lowest BCUT2D eigenvalue weighted by Crippen LogP contribution is -2.37. The summed E-state index contributed by atoms with van der Waals surface area (Å²) in [6.45, 7) is 2.72. The Hall–Kier alpha value is -0.820. The lowest BCUT2D eigenvalue weighted by molar-refractivity contribution is -0.127. The second-order valence-electron chi connectivity index (χ2n) is 3.50. The number of rotatable bonds is 6. The normalized spacial score (nSPS) is 11.9. The molecule has 0 heterocycles. The molecule has 1 aromatic rings. The topological polar surface area (TPSA) is 47.6 Å². The minimum Gasteiger partial charge on any atom is -0.481 e. The molecule has 0 aliphatic rings. The van der Waals surface area contributed by atoms with E-state index in [1.807, 2.05) is 24.3 Å². The van der Waals surface area contributed by atoms with Crippen LogP contribution in [-0.4, -0.2) is 32.3 Å². The van der Waals surface area contributed by atoms with Crippen LogP contribution in [0.3, 0.4) is 0 Å². The largest absolute Gasteiger partial charge is 0.481 e. The molecule has 0 saturated heterocycles. The number of ether oxygens (including phenoxy) is 2. The lowest BCUT2D eigenvalue weighted by Gasteiger charge is -2.14. The molecule has 1 amide bonds. The summed E-state index contributed by atoms with van der Waals surface area (Å²) in [6, 6.07) is 7.59. The molecule has 0 aliphatic heterocycles. The first-order valence-electron chi connectivity index (χ1n) is 5.32. The van der Waals surface area contributed by atoms with Crippen molar-refractivity contribution in [2.75, 3.05) is 20.3 Å². The molecule has 0 unspecified atom stereocenters. The molecular weight excluding hydrogens is 333 g/mol. The number of benzene rings is 1. The summed E-state index contributed by atoms with van der Waals surface area (Å²) in [5.41, 5.74) is 0. The maximum absolute atomic E-state index is 11.6. The van der Waals surface area contributed by atoms with Crippen molar-refractivity contribution in [1.29, 1.82) is 0 Å². The van der Waals surface area contributed by atoms with Gasteiger partial charge >= 0.3 is 0 Å². The second kappa shape index (κ2) is 7.50. The van der Waals surface area contributed by atoms with Gasteiger partial charge in [0.25, 0.3) is 5.91 Å². The molecular formula is C12H16INO3. The zero-order valence-corrected chi connectivity index (χ0v) is 12.1. The van der Waals surface area contributed by atoms with Crippen molar-refractivity contribution in [2.24, 2.45) is 0 Å². The van der Waals surface area contributed by atoms with Crippen molar-refractivity contribution in [1.82, 2.24) is 5.32 Å². The van der Waals surface area contributed by atoms with Crippen LogP contribution in [0.2, 0.25) is 0 Å². The van der Waals surface area contributed by atoms with Crippen LogP contribution in [0.1, 0.15) is 6.92 Å². The van der Waals surface area contributed by atoms with Crippen LogP contribution in [0, 0.1) is 3.57 Å². The molecule has 0 bridgehead atoms. The van der Waals surface area contributed by atoms with E-state index in [4.69, 9.17) is 9.47 Å². The Balaban J connectivity index is 2.43. The van der Waals surface area contributed by atoms with Gasteiger partial charge in [-0.3, -0.25) is 4.79 Å². The molecule has 5 heteroatoms. The molecule has 94 valence electrons. The summed E-state index contributed by atoms with van der Waals surface area (Å²) in [6.07, 6.45) is -0.509. The molecule has 1 aromatic carbocycles. The van der Waals surface area contributed by atoms with Crippen LogP contribution in [-0.2, 0) is 9.53 Å². The van der Waals surface area contributed by atoms with Crippen molar-refractivity contribution in [3.8, 4) is 5.75 Å². The molecule has 0 aliphatic carbocycles. The number of carbonyl (C=O) groups is 1. The van der Waals surface area contributed by atoms with E-state index in [1.54, 1.807) is 14.0 Å². The molecule has 0 fully saturated rings. The number of halogens is 1. The fourth-order valence-electron chi connectivity index (χ4n) is 1.22. The number of methoxy groups -OCH3 is 1. The molecule has 0 radical (unpaired) electrons. The fraction of sp³-hybridized carbons (Fsp3) is 0.417. The Morgan fingerprint density at radius 2 is 2.29 bits per heavy atom. The van der Waals surface area contributed by atoms with Crippen molar-refractivity contribution in [3.05, 3.63) is 27.8 Å². The van der Waals surface area contributed by atoms with Crippen LogP contribution in [0.4, 0.5) is 0 Å². The molecule has 4 nitrogen and oxygen atoms in total. The van der Waals surface area contributed by atoms with Gasteiger partial charge in [0, 0.05) is 17.2 Å².